The Morgan fingerprint density at radius 2 is 1.92 bits per heavy atom. The molecule has 1 atom stereocenters. The van der Waals surface area contributed by atoms with Gasteiger partial charge in [-0.2, -0.15) is 10.5 Å². The van der Waals surface area contributed by atoms with Crippen molar-refractivity contribution in [2.45, 2.75) is 32.8 Å². The summed E-state index contributed by atoms with van der Waals surface area (Å²) >= 11 is 1.28. The predicted molar refractivity (Wildman–Crippen MR) is 146 cm³/mol. The summed E-state index contributed by atoms with van der Waals surface area (Å²) in [5.41, 5.74) is 9.71. The molecule has 194 valence electrons. The second-order valence-electron chi connectivity index (χ2n) is 9.58. The molecule has 4 aromatic rings. The van der Waals surface area contributed by atoms with Gasteiger partial charge in [0.15, 0.2) is 0 Å². The van der Waals surface area contributed by atoms with Crippen molar-refractivity contribution >= 4 is 17.3 Å². The summed E-state index contributed by atoms with van der Waals surface area (Å²) < 4.78 is 11.2. The number of ether oxygens (including phenoxy) is 2. The number of H-pyrrole nitrogens is 1. The Bertz CT molecular complexity index is 1690. The zero-order valence-electron chi connectivity index (χ0n) is 21.6. The number of nitrogens with one attached hydrogen (secondary N) is 1. The molecule has 39 heavy (non-hydrogen) atoms. The molecule has 0 bridgehead atoms. The fourth-order valence-corrected chi connectivity index (χ4v) is 6.11. The van der Waals surface area contributed by atoms with Gasteiger partial charge < -0.3 is 15.2 Å². The van der Waals surface area contributed by atoms with Gasteiger partial charge in [-0.15, -0.1) is 16.4 Å². The fraction of sp³-hybridized carbons (Fsp3) is 0.200. The average molecular weight is 536 g/mol. The van der Waals surface area contributed by atoms with Gasteiger partial charge in [0.05, 0.1) is 22.6 Å². The maximum Gasteiger partial charge on any atom is 0.348 e. The number of rotatable bonds is 6. The van der Waals surface area contributed by atoms with Crippen LogP contribution in [0.1, 0.15) is 51.5 Å². The number of fused-ring (bicyclic) bond motifs is 1. The molecule has 0 aliphatic carbocycles. The van der Waals surface area contributed by atoms with Crippen molar-refractivity contribution in [2.75, 3.05) is 0 Å². The van der Waals surface area contributed by atoms with Crippen molar-refractivity contribution in [1.29, 1.82) is 10.5 Å². The van der Waals surface area contributed by atoms with Crippen molar-refractivity contribution in [3.05, 3.63) is 105 Å². The molecule has 3 heterocycles. The Balaban J connectivity index is 1.59. The van der Waals surface area contributed by atoms with Crippen LogP contribution in [0.2, 0.25) is 0 Å². The Hall–Kier alpha value is -4.86. The molecule has 0 fully saturated rings. The molecule has 2 aromatic carbocycles. The number of esters is 1. The molecular formula is C30H25N5O3S. The molecule has 8 nitrogen and oxygen atoms in total. The first-order chi connectivity index (χ1) is 18.8. The van der Waals surface area contributed by atoms with Crippen LogP contribution < -0.4 is 10.5 Å². The molecule has 0 spiro atoms. The number of allylic oxidation sites excluding steroid dienone is 1. The number of carbonyl (C=O) groups is 1. The highest BCUT2D eigenvalue weighted by molar-refractivity contribution is 7.17. The van der Waals surface area contributed by atoms with E-state index in [1.807, 2.05) is 63.2 Å². The highest BCUT2D eigenvalue weighted by Crippen LogP contribution is 2.53. The monoisotopic (exact) mass is 535 g/mol. The Morgan fingerprint density at radius 3 is 2.62 bits per heavy atom. The number of aryl methyl sites for hydroxylation is 1. The number of thiophene rings is 1. The third-order valence-corrected chi connectivity index (χ3v) is 8.07. The number of aromatic amines is 1. The number of hydrogen-bond acceptors (Lipinski definition) is 8. The van der Waals surface area contributed by atoms with Crippen LogP contribution in [-0.2, 0) is 16.8 Å². The first-order valence-corrected chi connectivity index (χ1v) is 13.1. The summed E-state index contributed by atoms with van der Waals surface area (Å²) in [4.78, 5) is 14.0. The maximum absolute atomic E-state index is 12.8. The lowest BCUT2D eigenvalue weighted by molar-refractivity contribution is 0.0478. The first-order valence-electron chi connectivity index (χ1n) is 12.3. The van der Waals surface area contributed by atoms with Gasteiger partial charge in [-0.05, 0) is 59.9 Å². The van der Waals surface area contributed by atoms with Gasteiger partial charge in [-0.25, -0.2) is 4.79 Å². The summed E-state index contributed by atoms with van der Waals surface area (Å²) in [6.45, 7) is 6.04. The van der Waals surface area contributed by atoms with Gasteiger partial charge in [0.1, 0.15) is 23.1 Å². The standard InChI is InChI=1S/C30H25N5O3S/c1-17(2)30(23(15-32)27(33)38-28-26(30)18(3)34-35-28)22-12-20(14-31)11-21(13-22)24-9-10-25(39-24)29(36)37-16-19-7-5-4-6-8-19/h4-13,17H,16,33H2,1-3H3,(H,34,35). The lowest BCUT2D eigenvalue weighted by Gasteiger charge is -2.41. The number of aromatic nitrogens is 2. The smallest absolute Gasteiger partial charge is 0.348 e. The highest BCUT2D eigenvalue weighted by Gasteiger charge is 2.50. The van der Waals surface area contributed by atoms with Gasteiger partial charge in [-0.3, -0.25) is 5.10 Å². The fourth-order valence-electron chi connectivity index (χ4n) is 5.22. The number of nitrogens with zero attached hydrogens (tertiary/aromatic N) is 3. The van der Waals surface area contributed by atoms with E-state index < -0.39 is 11.4 Å². The van der Waals surface area contributed by atoms with E-state index in [-0.39, 0.29) is 24.0 Å². The van der Waals surface area contributed by atoms with Gasteiger partial charge in [0.25, 0.3) is 0 Å². The summed E-state index contributed by atoms with van der Waals surface area (Å²) in [7, 11) is 0. The first kappa shape index (κ1) is 25.8. The molecule has 5 rings (SSSR count). The van der Waals surface area contributed by atoms with E-state index in [1.165, 1.54) is 11.3 Å². The van der Waals surface area contributed by atoms with Gasteiger partial charge >= 0.3 is 5.97 Å². The van der Waals surface area contributed by atoms with E-state index in [0.717, 1.165) is 21.7 Å². The lowest BCUT2D eigenvalue weighted by atomic mass is 9.61. The molecule has 0 amide bonds. The van der Waals surface area contributed by atoms with Gasteiger partial charge in [-0.1, -0.05) is 44.2 Å². The Morgan fingerprint density at radius 1 is 1.15 bits per heavy atom. The number of benzene rings is 2. The molecule has 0 radical (unpaired) electrons. The second kappa shape index (κ2) is 10.1. The van der Waals surface area contributed by atoms with Crippen LogP contribution in [0, 0.1) is 35.5 Å². The van der Waals surface area contributed by atoms with E-state index in [1.54, 1.807) is 18.2 Å². The highest BCUT2D eigenvalue weighted by atomic mass is 32.1. The van der Waals surface area contributed by atoms with Crippen molar-refractivity contribution in [3.63, 3.8) is 0 Å². The SMILES string of the molecule is Cc1[nH]nc2c1C(c1cc(C#N)cc(-c3ccc(C(=O)OCc4ccccc4)s3)c1)(C(C)C)C(C#N)=C(N)O2. The summed E-state index contributed by atoms with van der Waals surface area (Å²) in [5, 5.41) is 27.4. The van der Waals surface area contributed by atoms with Gasteiger partial charge in [0, 0.05) is 10.6 Å². The zero-order chi connectivity index (χ0) is 27.7. The van der Waals surface area contributed by atoms with Crippen LogP contribution in [0.3, 0.4) is 0 Å². The normalized spacial score (nSPS) is 16.3. The Labute approximate surface area is 229 Å². The molecule has 0 saturated heterocycles. The molecule has 0 saturated carbocycles. The summed E-state index contributed by atoms with van der Waals surface area (Å²) in [6, 6.07) is 23.0. The summed E-state index contributed by atoms with van der Waals surface area (Å²) in [6.07, 6.45) is 0. The minimum atomic E-state index is -1.01. The number of nitriles is 2. The third kappa shape index (κ3) is 4.33. The molecule has 1 unspecified atom stereocenters. The molecule has 3 N–H and O–H groups in total. The predicted octanol–water partition coefficient (Wildman–Crippen LogP) is 5.70. The van der Waals surface area contributed by atoms with Crippen LogP contribution in [0.15, 0.2) is 72.1 Å². The van der Waals surface area contributed by atoms with E-state index in [2.05, 4.69) is 22.3 Å². The lowest BCUT2D eigenvalue weighted by Crippen LogP contribution is -2.41. The second-order valence-corrected chi connectivity index (χ2v) is 10.7. The largest absolute Gasteiger partial charge is 0.457 e. The van der Waals surface area contributed by atoms with E-state index in [4.69, 9.17) is 15.2 Å². The summed E-state index contributed by atoms with van der Waals surface area (Å²) in [5.74, 6) is -0.288. The number of nitrogens with two attached hydrogens (primary N) is 1. The molecule has 1 aliphatic rings. The van der Waals surface area contributed by atoms with Crippen molar-refractivity contribution in [3.8, 4) is 28.5 Å². The molecule has 1 aliphatic heterocycles. The van der Waals surface area contributed by atoms with Crippen LogP contribution in [0.25, 0.3) is 10.4 Å². The number of carbonyl (C=O) groups excluding carboxylic acids is 1. The number of hydrogen-bond donors (Lipinski definition) is 2. The zero-order valence-corrected chi connectivity index (χ0v) is 22.4. The van der Waals surface area contributed by atoms with Crippen molar-refractivity contribution in [2.24, 2.45) is 11.7 Å². The minimum absolute atomic E-state index is 0.0197. The average Bonchev–Trinajstić information content (AvgIpc) is 3.58. The molecule has 9 heteroatoms. The molecule has 2 aromatic heterocycles. The van der Waals surface area contributed by atoms with Gasteiger partial charge in [0.2, 0.25) is 11.8 Å². The van der Waals surface area contributed by atoms with E-state index in [0.29, 0.717) is 27.4 Å². The van der Waals surface area contributed by atoms with Crippen molar-refractivity contribution < 1.29 is 14.3 Å². The third-order valence-electron chi connectivity index (χ3n) is 6.96. The van der Waals surface area contributed by atoms with E-state index >= 15 is 0 Å². The maximum atomic E-state index is 12.8. The van der Waals surface area contributed by atoms with Crippen LogP contribution >= 0.6 is 11.3 Å². The van der Waals surface area contributed by atoms with Crippen LogP contribution in [-0.4, -0.2) is 16.2 Å². The topological polar surface area (TPSA) is 138 Å². The van der Waals surface area contributed by atoms with Crippen LogP contribution in [0.5, 0.6) is 5.88 Å². The van der Waals surface area contributed by atoms with Crippen molar-refractivity contribution in [1.82, 2.24) is 10.2 Å². The molecular weight excluding hydrogens is 510 g/mol. The minimum Gasteiger partial charge on any atom is -0.457 e. The quantitative estimate of drug-likeness (QED) is 0.302. The van der Waals surface area contributed by atoms with Crippen LogP contribution in [0.4, 0.5) is 0 Å². The Kier molecular flexibility index (Phi) is 6.69. The van der Waals surface area contributed by atoms with E-state index in [9.17, 15) is 15.3 Å².